The lowest BCUT2D eigenvalue weighted by Gasteiger charge is -2.22. The predicted octanol–water partition coefficient (Wildman–Crippen LogP) is 2.96. The third-order valence-electron chi connectivity index (χ3n) is 5.26. The molecule has 2 heterocycles. The molecule has 0 aromatic heterocycles. The second kappa shape index (κ2) is 7.19. The minimum atomic E-state index is -1.10. The van der Waals surface area contributed by atoms with Gasteiger partial charge in [0.05, 0.1) is 12.7 Å². The Morgan fingerprint density at radius 1 is 1.12 bits per heavy atom. The quantitative estimate of drug-likeness (QED) is 0.387. The van der Waals surface area contributed by atoms with Crippen molar-refractivity contribution in [3.63, 3.8) is 0 Å². The van der Waals surface area contributed by atoms with E-state index in [2.05, 4.69) is 24.9 Å². The summed E-state index contributed by atoms with van der Waals surface area (Å²) in [6.45, 7) is 4.32. The van der Waals surface area contributed by atoms with E-state index in [1.54, 1.807) is 7.11 Å². The molecule has 26 heavy (non-hydrogen) atoms. The fraction of sp³-hybridized carbons (Fsp3) is 0.550. The summed E-state index contributed by atoms with van der Waals surface area (Å²) in [4.78, 5) is 28.8. The van der Waals surface area contributed by atoms with Crippen LogP contribution in [0.5, 0.6) is 5.75 Å². The summed E-state index contributed by atoms with van der Waals surface area (Å²) in [6, 6.07) is 3.99. The molecular formula is C20H26N2O4. The Bertz CT molecular complexity index is 771. The first-order chi connectivity index (χ1) is 12.6. The van der Waals surface area contributed by atoms with Gasteiger partial charge in [0.25, 0.3) is 0 Å². The molecule has 0 N–H and O–H groups in total. The van der Waals surface area contributed by atoms with Gasteiger partial charge in [0.2, 0.25) is 5.72 Å². The number of hydrogen-bond acceptors (Lipinski definition) is 4. The molecule has 140 valence electrons. The number of rotatable bonds is 9. The molecule has 2 amide bonds. The number of carbonyl (C=O) groups excluding carboxylic acids is 2. The molecule has 0 saturated carbocycles. The van der Waals surface area contributed by atoms with Crippen LogP contribution >= 0.6 is 0 Å². The van der Waals surface area contributed by atoms with Crippen molar-refractivity contribution in [3.8, 4) is 5.75 Å². The van der Waals surface area contributed by atoms with Gasteiger partial charge in [0, 0.05) is 7.11 Å². The number of fused-ring (bicyclic) bond motifs is 1. The molecule has 2 aliphatic rings. The number of unbranched alkanes of at least 4 members (excludes halogenated alkanes) is 3. The summed E-state index contributed by atoms with van der Waals surface area (Å²) >= 11 is 0. The van der Waals surface area contributed by atoms with Crippen molar-refractivity contribution in [1.82, 2.24) is 4.90 Å². The van der Waals surface area contributed by atoms with E-state index in [0.717, 1.165) is 36.1 Å². The zero-order valence-electron chi connectivity index (χ0n) is 15.9. The number of amidine groups is 1. The number of aliphatic imine (C=N–C) groups is 1. The largest absolute Gasteiger partial charge is 0.496 e. The zero-order valence-corrected chi connectivity index (χ0v) is 15.9. The summed E-state index contributed by atoms with van der Waals surface area (Å²) in [5, 5.41) is 0. The molecular weight excluding hydrogens is 332 g/mol. The van der Waals surface area contributed by atoms with Gasteiger partial charge >= 0.3 is 11.8 Å². The van der Waals surface area contributed by atoms with Gasteiger partial charge in [-0.25, -0.2) is 4.90 Å². The molecule has 1 aromatic rings. The first-order valence-electron chi connectivity index (χ1n) is 9.28. The number of amides is 2. The Balaban J connectivity index is 2.02. The van der Waals surface area contributed by atoms with Crippen LogP contribution in [0.15, 0.2) is 17.1 Å². The topological polar surface area (TPSA) is 68.0 Å². The van der Waals surface area contributed by atoms with Gasteiger partial charge in [-0.2, -0.15) is 4.99 Å². The van der Waals surface area contributed by atoms with E-state index in [0.29, 0.717) is 5.84 Å². The van der Waals surface area contributed by atoms with E-state index >= 15 is 0 Å². The summed E-state index contributed by atoms with van der Waals surface area (Å²) in [5.74, 6) is -0.292. The second-order valence-corrected chi connectivity index (χ2v) is 6.68. The highest BCUT2D eigenvalue weighted by atomic mass is 16.5. The number of methoxy groups -OCH3 is 2. The van der Waals surface area contributed by atoms with E-state index in [4.69, 9.17) is 9.47 Å². The van der Waals surface area contributed by atoms with Crippen LogP contribution in [-0.2, 0) is 32.9 Å². The van der Waals surface area contributed by atoms with E-state index in [1.807, 2.05) is 6.07 Å². The van der Waals surface area contributed by atoms with Crippen LogP contribution in [0.1, 0.15) is 56.2 Å². The third kappa shape index (κ3) is 2.63. The van der Waals surface area contributed by atoms with Gasteiger partial charge in [-0.1, -0.05) is 39.2 Å². The van der Waals surface area contributed by atoms with Crippen LogP contribution in [0.4, 0.5) is 0 Å². The van der Waals surface area contributed by atoms with Crippen molar-refractivity contribution in [1.29, 1.82) is 0 Å². The highest BCUT2D eigenvalue weighted by Gasteiger charge is 2.71. The maximum atomic E-state index is 12.1. The molecule has 6 nitrogen and oxygen atoms in total. The lowest BCUT2D eigenvalue weighted by Crippen LogP contribution is -2.29. The molecule has 1 aromatic carbocycles. The second-order valence-electron chi connectivity index (χ2n) is 6.68. The minimum absolute atomic E-state index is 0.356. The molecule has 0 bridgehead atoms. The first-order valence-corrected chi connectivity index (χ1v) is 9.28. The number of aryl methyl sites for hydroxylation is 1. The standard InChI is InChI=1S/C20H26N2O4/c1-5-7-8-9-10-14-13(6-2)11-12-15(16(14)25-3)20(26-4)19-21-17(23)18(24)22(19)20/h11-12H,5-10H2,1-4H3. The molecule has 0 aliphatic carbocycles. The molecule has 2 aliphatic heterocycles. The molecule has 1 atom stereocenters. The van der Waals surface area contributed by atoms with Gasteiger partial charge in [0.1, 0.15) is 5.75 Å². The van der Waals surface area contributed by atoms with Crippen molar-refractivity contribution in [2.24, 2.45) is 4.99 Å². The zero-order chi connectivity index (χ0) is 18.9. The SMILES string of the molecule is CCCCCCc1c(CC)ccc(C2(OC)C3=NC(=O)C(=O)N32)c1OC. The number of ether oxygens (including phenoxy) is 2. The van der Waals surface area contributed by atoms with Crippen LogP contribution in [0, 0.1) is 0 Å². The monoisotopic (exact) mass is 358 g/mol. The molecule has 0 radical (unpaired) electrons. The summed E-state index contributed by atoms with van der Waals surface area (Å²) in [5.41, 5.74) is 2.04. The molecule has 0 spiro atoms. The molecule has 6 heteroatoms. The van der Waals surface area contributed by atoms with E-state index in [1.165, 1.54) is 36.8 Å². The Labute approximate surface area is 154 Å². The van der Waals surface area contributed by atoms with Gasteiger partial charge in [-0.05, 0) is 36.5 Å². The van der Waals surface area contributed by atoms with Crippen LogP contribution in [0.25, 0.3) is 0 Å². The highest BCUT2D eigenvalue weighted by Crippen LogP contribution is 2.52. The molecule has 1 fully saturated rings. The van der Waals surface area contributed by atoms with Crippen LogP contribution in [-0.4, -0.2) is 36.8 Å². The Morgan fingerprint density at radius 2 is 1.88 bits per heavy atom. The van der Waals surface area contributed by atoms with Crippen LogP contribution in [0.3, 0.4) is 0 Å². The smallest absolute Gasteiger partial charge is 0.337 e. The van der Waals surface area contributed by atoms with Gasteiger partial charge in [-0.15, -0.1) is 0 Å². The first kappa shape index (κ1) is 18.6. The minimum Gasteiger partial charge on any atom is -0.496 e. The normalized spacial score (nSPS) is 21.1. The Kier molecular flexibility index (Phi) is 5.14. The summed E-state index contributed by atoms with van der Waals surface area (Å²) < 4.78 is 11.5. The number of nitrogens with zero attached hydrogens (tertiary/aromatic N) is 2. The van der Waals surface area contributed by atoms with E-state index < -0.39 is 17.5 Å². The van der Waals surface area contributed by atoms with E-state index in [-0.39, 0.29) is 0 Å². The fourth-order valence-electron chi connectivity index (χ4n) is 3.86. The lowest BCUT2D eigenvalue weighted by molar-refractivity contribution is -0.143. The Hall–Kier alpha value is -2.21. The van der Waals surface area contributed by atoms with Gasteiger partial charge in [-0.3, -0.25) is 9.59 Å². The molecule has 1 saturated heterocycles. The molecule has 3 rings (SSSR count). The number of benzene rings is 1. The van der Waals surface area contributed by atoms with Crippen molar-refractivity contribution in [3.05, 3.63) is 28.8 Å². The molecule has 1 unspecified atom stereocenters. The van der Waals surface area contributed by atoms with Crippen LogP contribution in [0.2, 0.25) is 0 Å². The van der Waals surface area contributed by atoms with Gasteiger partial charge < -0.3 is 9.47 Å². The van der Waals surface area contributed by atoms with Gasteiger partial charge in [0.15, 0.2) is 5.84 Å². The third-order valence-corrected chi connectivity index (χ3v) is 5.26. The lowest BCUT2D eigenvalue weighted by atomic mass is 9.93. The highest BCUT2D eigenvalue weighted by molar-refractivity contribution is 6.49. The maximum absolute atomic E-state index is 12.1. The van der Waals surface area contributed by atoms with Crippen LogP contribution < -0.4 is 4.74 Å². The predicted molar refractivity (Wildman–Crippen MR) is 98.2 cm³/mol. The van der Waals surface area contributed by atoms with E-state index in [9.17, 15) is 9.59 Å². The van der Waals surface area contributed by atoms with Crippen molar-refractivity contribution < 1.29 is 19.1 Å². The van der Waals surface area contributed by atoms with Crippen molar-refractivity contribution in [2.45, 2.75) is 58.1 Å². The summed E-state index contributed by atoms with van der Waals surface area (Å²) in [7, 11) is 3.16. The average Bonchev–Trinajstić information content (AvgIpc) is 3.20. The average molecular weight is 358 g/mol. The van der Waals surface area contributed by atoms with Crippen molar-refractivity contribution in [2.75, 3.05) is 14.2 Å². The van der Waals surface area contributed by atoms with Crippen molar-refractivity contribution >= 4 is 17.6 Å². The Morgan fingerprint density at radius 3 is 2.42 bits per heavy atom. The number of hydrogen-bond donors (Lipinski definition) is 0. The fourth-order valence-corrected chi connectivity index (χ4v) is 3.86. The maximum Gasteiger partial charge on any atom is 0.337 e. The number of carbonyl (C=O) groups is 2. The summed E-state index contributed by atoms with van der Waals surface area (Å²) in [6.07, 6.45) is 6.49.